The Kier molecular flexibility index (Phi) is 17.3. The number of epoxide rings is 3. The summed E-state index contributed by atoms with van der Waals surface area (Å²) in [4.78, 5) is 0. The summed E-state index contributed by atoms with van der Waals surface area (Å²) < 4.78 is 30.7. The first-order valence-electron chi connectivity index (χ1n) is 17.4. The van der Waals surface area contributed by atoms with Gasteiger partial charge in [0.1, 0.15) is 12.2 Å². The van der Waals surface area contributed by atoms with Crippen LogP contribution in [0.1, 0.15) is 122 Å². The highest BCUT2D eigenvalue weighted by molar-refractivity contribution is 6.67. The molecule has 0 aromatic rings. The summed E-state index contributed by atoms with van der Waals surface area (Å²) in [5.74, 6) is 0. The summed E-state index contributed by atoms with van der Waals surface area (Å²) in [6, 6.07) is 2.10. The van der Waals surface area contributed by atoms with Crippen molar-refractivity contribution < 1.29 is 27.5 Å². The van der Waals surface area contributed by atoms with Crippen molar-refractivity contribution in [3.63, 3.8) is 0 Å². The van der Waals surface area contributed by atoms with E-state index in [4.69, 9.17) is 23.1 Å². The summed E-state index contributed by atoms with van der Waals surface area (Å²) in [7, 11) is 2.52. The van der Waals surface area contributed by atoms with Gasteiger partial charge in [-0.25, -0.2) is 0 Å². The number of unbranched alkanes of at least 4 members (excludes halogenated alkanes) is 15. The summed E-state index contributed by atoms with van der Waals surface area (Å²) in [6.45, 7) is 8.74. The van der Waals surface area contributed by atoms with Crippen molar-refractivity contribution in [1.82, 2.24) is 0 Å². The molecule has 6 nitrogen and oxygen atoms in total. The van der Waals surface area contributed by atoms with Crippen LogP contribution in [0.25, 0.3) is 0 Å². The molecular formula is C33H66NO5Si+. The van der Waals surface area contributed by atoms with Gasteiger partial charge in [-0.05, 0) is 37.8 Å². The third-order valence-corrected chi connectivity index (χ3v) is 12.6. The summed E-state index contributed by atoms with van der Waals surface area (Å²) >= 11 is 0. The number of quaternary nitrogens is 1. The largest absolute Gasteiger partial charge is 0.391 e. The Morgan fingerprint density at radius 1 is 0.550 bits per heavy atom. The van der Waals surface area contributed by atoms with Gasteiger partial charge < -0.3 is 27.5 Å². The monoisotopic (exact) mass is 584 g/mol. The van der Waals surface area contributed by atoms with E-state index in [1.807, 2.05) is 0 Å². The zero-order valence-corrected chi connectivity index (χ0v) is 27.8. The molecule has 0 aliphatic carbocycles. The van der Waals surface area contributed by atoms with Crippen LogP contribution in [0.4, 0.5) is 0 Å². The third kappa shape index (κ3) is 17.8. The molecule has 0 bridgehead atoms. The molecule has 0 N–H and O–H groups in total. The molecule has 0 spiro atoms. The number of ether oxygens (including phenoxy) is 3. The number of hydrogen-bond acceptors (Lipinski definition) is 5. The topological polar surface area (TPSA) is 56.0 Å². The molecule has 0 saturated carbocycles. The van der Waals surface area contributed by atoms with Gasteiger partial charge in [0.25, 0.3) is 0 Å². The fourth-order valence-electron chi connectivity index (χ4n) is 5.87. The van der Waals surface area contributed by atoms with E-state index in [0.29, 0.717) is 19.3 Å². The molecule has 3 unspecified atom stereocenters. The van der Waals surface area contributed by atoms with Gasteiger partial charge >= 0.3 is 8.56 Å². The molecular weight excluding hydrogens is 518 g/mol. The zero-order chi connectivity index (χ0) is 28.4. The highest BCUT2D eigenvalue weighted by Gasteiger charge is 2.43. The van der Waals surface area contributed by atoms with Gasteiger partial charge in [0.2, 0.25) is 0 Å². The minimum Gasteiger partial charge on any atom is -0.391 e. The van der Waals surface area contributed by atoms with Crippen LogP contribution in [0.5, 0.6) is 0 Å². The van der Waals surface area contributed by atoms with Crippen LogP contribution in [-0.4, -0.2) is 91.6 Å². The Bertz CT molecular complexity index is 583. The van der Waals surface area contributed by atoms with Gasteiger partial charge in [-0.3, -0.25) is 0 Å². The van der Waals surface area contributed by atoms with Crippen LogP contribution >= 0.6 is 0 Å². The van der Waals surface area contributed by atoms with Crippen LogP contribution in [0, 0.1) is 0 Å². The number of nitrogens with zero attached hydrogens (tertiary/aromatic N) is 1. The van der Waals surface area contributed by atoms with E-state index in [0.717, 1.165) is 42.8 Å². The second-order valence-corrected chi connectivity index (χ2v) is 17.1. The second-order valence-electron chi connectivity index (χ2n) is 13.7. The maximum Gasteiger partial charge on any atom is 0.338 e. The quantitative estimate of drug-likeness (QED) is 0.0373. The highest BCUT2D eigenvalue weighted by atomic mass is 28.4. The van der Waals surface area contributed by atoms with Gasteiger partial charge in [-0.2, -0.15) is 0 Å². The fraction of sp³-hybridized carbons (Fsp3) is 1.00. The van der Waals surface area contributed by atoms with Crippen molar-refractivity contribution in [1.29, 1.82) is 0 Å². The second kappa shape index (κ2) is 20.0. The number of rotatable bonds is 30. The van der Waals surface area contributed by atoms with E-state index >= 15 is 0 Å². The predicted molar refractivity (Wildman–Crippen MR) is 167 cm³/mol. The molecule has 7 heteroatoms. The van der Waals surface area contributed by atoms with Gasteiger partial charge in [-0.1, -0.05) is 96.8 Å². The maximum atomic E-state index is 6.59. The van der Waals surface area contributed by atoms with Crippen molar-refractivity contribution in [3.8, 4) is 0 Å². The minimum absolute atomic E-state index is 0.284. The lowest BCUT2D eigenvalue weighted by atomic mass is 10.0. The van der Waals surface area contributed by atoms with Crippen molar-refractivity contribution in [3.05, 3.63) is 0 Å². The molecule has 0 aromatic carbocycles. The average molecular weight is 585 g/mol. The Labute approximate surface area is 249 Å². The average Bonchev–Trinajstić information content (AvgIpc) is 3.79. The van der Waals surface area contributed by atoms with Crippen molar-refractivity contribution in [2.24, 2.45) is 0 Å². The molecule has 3 aliphatic rings. The van der Waals surface area contributed by atoms with Gasteiger partial charge in [0.05, 0.1) is 66.3 Å². The molecule has 3 atom stereocenters. The molecule has 3 saturated heterocycles. The fourth-order valence-corrected chi connectivity index (χ4v) is 9.21. The van der Waals surface area contributed by atoms with E-state index in [1.165, 1.54) is 122 Å². The smallest absolute Gasteiger partial charge is 0.338 e. The molecule has 3 heterocycles. The van der Waals surface area contributed by atoms with Crippen LogP contribution < -0.4 is 0 Å². The molecule has 0 aromatic heterocycles. The van der Waals surface area contributed by atoms with Gasteiger partial charge in [-0.15, -0.1) is 0 Å². The van der Waals surface area contributed by atoms with Crippen LogP contribution in [0.3, 0.4) is 0 Å². The van der Waals surface area contributed by atoms with Gasteiger partial charge in [0.15, 0.2) is 0 Å². The first-order chi connectivity index (χ1) is 19.5. The van der Waals surface area contributed by atoms with Crippen molar-refractivity contribution >= 4 is 8.56 Å². The number of hydrogen-bond donors (Lipinski definition) is 0. The Morgan fingerprint density at radius 3 is 1.38 bits per heavy atom. The maximum absolute atomic E-state index is 6.59. The molecule has 3 aliphatic heterocycles. The van der Waals surface area contributed by atoms with Crippen LogP contribution in [0.2, 0.25) is 12.1 Å². The van der Waals surface area contributed by atoms with E-state index in [2.05, 4.69) is 21.0 Å². The normalized spacial score (nSPS) is 23.3. The summed E-state index contributed by atoms with van der Waals surface area (Å²) in [5.41, 5.74) is 0. The summed E-state index contributed by atoms with van der Waals surface area (Å²) in [6.07, 6.45) is 26.1. The van der Waals surface area contributed by atoms with Crippen molar-refractivity contribution in [2.45, 2.75) is 153 Å². The lowest BCUT2D eigenvalue weighted by Crippen LogP contribution is -2.46. The van der Waals surface area contributed by atoms with Crippen LogP contribution in [0.15, 0.2) is 0 Å². The van der Waals surface area contributed by atoms with E-state index in [-0.39, 0.29) is 12.2 Å². The summed E-state index contributed by atoms with van der Waals surface area (Å²) in [5, 5.41) is 0. The molecule has 40 heavy (non-hydrogen) atoms. The third-order valence-electron chi connectivity index (χ3n) is 9.06. The lowest BCUT2D eigenvalue weighted by molar-refractivity contribution is -0.890. The Balaban J connectivity index is 1.19. The highest BCUT2D eigenvalue weighted by Crippen LogP contribution is 2.30. The predicted octanol–water partition coefficient (Wildman–Crippen LogP) is 7.78. The molecule has 236 valence electrons. The van der Waals surface area contributed by atoms with Gasteiger partial charge in [0, 0.05) is 0 Å². The molecule has 3 rings (SSSR count). The van der Waals surface area contributed by atoms with Crippen LogP contribution in [-0.2, 0) is 23.1 Å². The lowest BCUT2D eigenvalue weighted by Gasteiger charge is -2.34. The van der Waals surface area contributed by atoms with E-state index in [9.17, 15) is 0 Å². The zero-order valence-electron chi connectivity index (χ0n) is 26.8. The Hall–Kier alpha value is -0.0231. The standard InChI is InChI=1S/C33H66NO5Si/c1-4-5-6-7-8-9-10-11-12-13-14-15-16-17-18-19-22-34(2,3)23-20-24-40(25-21-31-26-35-31,38-29-32-27-36-32)39-30-33-28-37-33/h31-33H,4-30H2,1-3H3/q+1. The van der Waals surface area contributed by atoms with Crippen molar-refractivity contribution in [2.75, 3.05) is 60.2 Å². The minimum atomic E-state index is -2.29. The molecule has 3 fully saturated rings. The molecule has 0 radical (unpaired) electrons. The molecule has 0 amide bonds. The van der Waals surface area contributed by atoms with E-state index < -0.39 is 8.56 Å². The first-order valence-corrected chi connectivity index (χ1v) is 19.7. The first kappa shape index (κ1) is 34.5. The van der Waals surface area contributed by atoms with E-state index in [1.54, 1.807) is 0 Å². The SMILES string of the molecule is CCCCCCCCCCCCCCCCCC[N+](C)(C)CCC[Si](CCC1CO1)(OCC1CO1)OCC1CO1. The Morgan fingerprint density at radius 2 is 0.950 bits per heavy atom.